The van der Waals surface area contributed by atoms with E-state index in [2.05, 4.69) is 10.9 Å². The van der Waals surface area contributed by atoms with Gasteiger partial charge in [-0.2, -0.15) is 0 Å². The maximum atomic E-state index is 11.8. The van der Waals surface area contributed by atoms with Gasteiger partial charge in [-0.3, -0.25) is 20.4 Å². The molecule has 6 heteroatoms. The zero-order chi connectivity index (χ0) is 15.1. The van der Waals surface area contributed by atoms with E-state index in [0.29, 0.717) is 17.1 Å². The minimum absolute atomic E-state index is 0.408. The van der Waals surface area contributed by atoms with Gasteiger partial charge in [0.25, 0.3) is 11.8 Å². The molecule has 0 aliphatic heterocycles. The summed E-state index contributed by atoms with van der Waals surface area (Å²) in [5.41, 5.74) is 4.99. The molecule has 0 bridgehead atoms. The van der Waals surface area contributed by atoms with Crippen LogP contribution in [0, 0.1) is 0 Å². The summed E-state index contributed by atoms with van der Waals surface area (Å²) >= 11 is 0. The van der Waals surface area contributed by atoms with Gasteiger partial charge < -0.3 is 9.15 Å². The van der Waals surface area contributed by atoms with Crippen molar-refractivity contribution in [2.45, 2.75) is 0 Å². The molecule has 1 aromatic carbocycles. The van der Waals surface area contributed by atoms with E-state index < -0.39 is 11.8 Å². The second-order valence-corrected chi connectivity index (χ2v) is 4.02. The molecule has 0 aliphatic carbocycles. The van der Waals surface area contributed by atoms with E-state index >= 15 is 0 Å². The summed E-state index contributed by atoms with van der Waals surface area (Å²) in [5.74, 6) is 0.314. The first kappa shape index (κ1) is 14.4. The van der Waals surface area contributed by atoms with Crippen LogP contribution in [0.4, 0.5) is 0 Å². The molecule has 0 unspecified atom stereocenters. The first-order valence-electron chi connectivity index (χ1n) is 6.15. The molecule has 0 atom stereocenters. The van der Waals surface area contributed by atoms with Gasteiger partial charge in [0.05, 0.1) is 13.4 Å². The maximum Gasteiger partial charge on any atom is 0.269 e. The number of ether oxygens (including phenoxy) is 1. The molecule has 0 fully saturated rings. The van der Waals surface area contributed by atoms with Crippen molar-refractivity contribution >= 4 is 17.9 Å². The highest BCUT2D eigenvalue weighted by Gasteiger charge is 2.06. The lowest BCUT2D eigenvalue weighted by molar-refractivity contribution is -0.117. The highest BCUT2D eigenvalue weighted by atomic mass is 16.5. The number of nitrogens with one attached hydrogen (secondary N) is 2. The minimum Gasteiger partial charge on any atom is -0.497 e. The number of hydrogen-bond acceptors (Lipinski definition) is 4. The van der Waals surface area contributed by atoms with Gasteiger partial charge in [-0.1, -0.05) is 0 Å². The SMILES string of the molecule is COc1ccc(C(=O)NNC(=O)C=Cc2ccco2)cc1. The molecule has 0 saturated carbocycles. The lowest BCUT2D eigenvalue weighted by atomic mass is 10.2. The quantitative estimate of drug-likeness (QED) is 0.663. The number of methoxy groups -OCH3 is 1. The number of amides is 2. The van der Waals surface area contributed by atoms with Gasteiger partial charge in [0.15, 0.2) is 0 Å². The molecule has 1 aromatic heterocycles. The van der Waals surface area contributed by atoms with Crippen LogP contribution in [0.2, 0.25) is 0 Å². The van der Waals surface area contributed by atoms with Gasteiger partial charge in [-0.15, -0.1) is 0 Å². The minimum atomic E-state index is -0.465. The van der Waals surface area contributed by atoms with Crippen molar-refractivity contribution < 1.29 is 18.7 Å². The van der Waals surface area contributed by atoms with E-state index in [-0.39, 0.29) is 0 Å². The number of hydrogen-bond donors (Lipinski definition) is 2. The third-order valence-electron chi connectivity index (χ3n) is 2.59. The molecule has 6 nitrogen and oxygen atoms in total. The average molecular weight is 286 g/mol. The van der Waals surface area contributed by atoms with Gasteiger partial charge in [0.2, 0.25) is 0 Å². The molecule has 2 aromatic rings. The second kappa shape index (κ2) is 6.95. The molecule has 2 N–H and O–H groups in total. The molecular formula is C15H14N2O4. The fourth-order valence-corrected chi connectivity index (χ4v) is 1.52. The van der Waals surface area contributed by atoms with E-state index in [4.69, 9.17) is 9.15 Å². The molecule has 108 valence electrons. The molecule has 0 saturated heterocycles. The molecule has 0 spiro atoms. The normalized spacial score (nSPS) is 10.3. The van der Waals surface area contributed by atoms with Crippen LogP contribution < -0.4 is 15.6 Å². The predicted octanol–water partition coefficient (Wildman–Crippen LogP) is 1.76. The topological polar surface area (TPSA) is 80.6 Å². The summed E-state index contributed by atoms with van der Waals surface area (Å²) < 4.78 is 10.0. The van der Waals surface area contributed by atoms with Crippen molar-refractivity contribution in [2.24, 2.45) is 0 Å². The van der Waals surface area contributed by atoms with Crippen molar-refractivity contribution in [1.29, 1.82) is 0 Å². The third-order valence-corrected chi connectivity index (χ3v) is 2.59. The van der Waals surface area contributed by atoms with Gasteiger partial charge in [-0.05, 0) is 42.5 Å². The predicted molar refractivity (Wildman–Crippen MR) is 76.3 cm³/mol. The summed E-state index contributed by atoms with van der Waals surface area (Å²) in [5, 5.41) is 0. The summed E-state index contributed by atoms with van der Waals surface area (Å²) in [6, 6.07) is 9.93. The van der Waals surface area contributed by atoms with Crippen molar-refractivity contribution in [2.75, 3.05) is 7.11 Å². The Morgan fingerprint density at radius 3 is 2.52 bits per heavy atom. The third kappa shape index (κ3) is 4.24. The molecule has 2 amide bonds. The highest BCUT2D eigenvalue weighted by molar-refractivity contribution is 5.97. The summed E-state index contributed by atoms with van der Waals surface area (Å²) in [4.78, 5) is 23.3. The largest absolute Gasteiger partial charge is 0.497 e. The van der Waals surface area contributed by atoms with Crippen LogP contribution in [0.5, 0.6) is 5.75 Å². The lowest BCUT2D eigenvalue weighted by Crippen LogP contribution is -2.40. The number of rotatable bonds is 4. The van der Waals surface area contributed by atoms with E-state index in [1.165, 1.54) is 18.4 Å². The van der Waals surface area contributed by atoms with Crippen molar-refractivity contribution in [3.05, 3.63) is 60.1 Å². The Morgan fingerprint density at radius 1 is 1.14 bits per heavy atom. The molecular weight excluding hydrogens is 272 g/mol. The van der Waals surface area contributed by atoms with Crippen molar-refractivity contribution in [3.8, 4) is 5.75 Å². The van der Waals surface area contributed by atoms with Gasteiger partial charge in [0.1, 0.15) is 11.5 Å². The van der Waals surface area contributed by atoms with E-state index in [0.717, 1.165) is 0 Å². The van der Waals surface area contributed by atoms with Gasteiger partial charge in [-0.25, -0.2) is 0 Å². The lowest BCUT2D eigenvalue weighted by Gasteiger charge is -2.06. The van der Waals surface area contributed by atoms with Crippen LogP contribution in [0.1, 0.15) is 16.1 Å². The fourth-order valence-electron chi connectivity index (χ4n) is 1.52. The van der Waals surface area contributed by atoms with Gasteiger partial charge in [0, 0.05) is 11.6 Å². The summed E-state index contributed by atoms with van der Waals surface area (Å²) in [7, 11) is 1.54. The Labute approximate surface area is 121 Å². The standard InChI is InChI=1S/C15H14N2O4/c1-20-12-6-4-11(5-7-12)15(19)17-16-14(18)9-8-13-3-2-10-21-13/h2-10H,1H3,(H,16,18)(H,17,19). The Kier molecular flexibility index (Phi) is 4.76. The Hall–Kier alpha value is -3.02. The van der Waals surface area contributed by atoms with Crippen LogP contribution >= 0.6 is 0 Å². The molecule has 2 rings (SSSR count). The van der Waals surface area contributed by atoms with Crippen molar-refractivity contribution in [1.82, 2.24) is 10.9 Å². The van der Waals surface area contributed by atoms with Crippen LogP contribution in [0.15, 0.2) is 53.2 Å². The monoisotopic (exact) mass is 286 g/mol. The van der Waals surface area contributed by atoms with E-state index in [1.807, 2.05) is 0 Å². The number of carbonyl (C=O) groups excluding carboxylic acids is 2. The molecule has 1 heterocycles. The van der Waals surface area contributed by atoms with Crippen LogP contribution in [-0.4, -0.2) is 18.9 Å². The summed E-state index contributed by atoms with van der Waals surface area (Å²) in [6.07, 6.45) is 4.25. The average Bonchev–Trinajstić information content (AvgIpc) is 3.04. The molecule has 0 radical (unpaired) electrons. The summed E-state index contributed by atoms with van der Waals surface area (Å²) in [6.45, 7) is 0. The van der Waals surface area contributed by atoms with Crippen LogP contribution in [0.25, 0.3) is 6.08 Å². The fraction of sp³-hybridized carbons (Fsp3) is 0.0667. The zero-order valence-corrected chi connectivity index (χ0v) is 11.3. The molecule has 0 aliphatic rings. The first-order valence-corrected chi connectivity index (χ1v) is 6.15. The Bertz CT molecular complexity index is 630. The second-order valence-electron chi connectivity index (χ2n) is 4.02. The zero-order valence-electron chi connectivity index (χ0n) is 11.3. The number of hydrazine groups is 1. The van der Waals surface area contributed by atoms with Crippen molar-refractivity contribution in [3.63, 3.8) is 0 Å². The smallest absolute Gasteiger partial charge is 0.269 e. The first-order chi connectivity index (χ1) is 10.2. The maximum absolute atomic E-state index is 11.8. The van der Waals surface area contributed by atoms with Crippen LogP contribution in [-0.2, 0) is 4.79 Å². The number of furan rings is 1. The molecule has 21 heavy (non-hydrogen) atoms. The van der Waals surface area contributed by atoms with E-state index in [1.54, 1.807) is 43.5 Å². The number of benzene rings is 1. The number of carbonyl (C=O) groups is 2. The van der Waals surface area contributed by atoms with Gasteiger partial charge >= 0.3 is 0 Å². The van der Waals surface area contributed by atoms with E-state index in [9.17, 15) is 9.59 Å². The highest BCUT2D eigenvalue weighted by Crippen LogP contribution is 2.10. The Balaban J connectivity index is 1.84. The Morgan fingerprint density at radius 2 is 1.90 bits per heavy atom. The van der Waals surface area contributed by atoms with Crippen LogP contribution in [0.3, 0.4) is 0 Å².